The van der Waals surface area contributed by atoms with E-state index in [1.54, 1.807) is 23.1 Å². The van der Waals surface area contributed by atoms with Crippen LogP contribution in [0.1, 0.15) is 21.7 Å². The highest BCUT2D eigenvalue weighted by Crippen LogP contribution is 2.32. The quantitative estimate of drug-likeness (QED) is 0.461. The van der Waals surface area contributed by atoms with Crippen molar-refractivity contribution < 1.29 is 22.4 Å². The van der Waals surface area contributed by atoms with E-state index in [-0.39, 0.29) is 12.2 Å². The highest BCUT2D eigenvalue weighted by atomic mass is 19.4. The van der Waals surface area contributed by atoms with Gasteiger partial charge in [0.25, 0.3) is 5.91 Å². The fourth-order valence-corrected chi connectivity index (χ4v) is 3.12. The maximum atomic E-state index is 13.6. The van der Waals surface area contributed by atoms with E-state index < -0.39 is 29.3 Å². The molecule has 0 aliphatic heterocycles. The lowest BCUT2D eigenvalue weighted by atomic mass is 10.1. The van der Waals surface area contributed by atoms with E-state index in [2.05, 4.69) is 20.7 Å². The average Bonchev–Trinajstić information content (AvgIpc) is 3.44. The first kappa shape index (κ1) is 21.2. The van der Waals surface area contributed by atoms with Crippen molar-refractivity contribution in [1.82, 2.24) is 30.1 Å². The molecule has 0 atom stereocenters. The van der Waals surface area contributed by atoms with Crippen LogP contribution in [0.15, 0.2) is 67.0 Å². The van der Waals surface area contributed by atoms with E-state index in [9.17, 15) is 22.4 Å². The molecule has 32 heavy (non-hydrogen) atoms. The number of aromatic nitrogens is 5. The van der Waals surface area contributed by atoms with Crippen LogP contribution >= 0.6 is 0 Å². The number of nitrogens with zero attached hydrogens (tertiary/aromatic N) is 5. The standard InChI is InChI=1S/C21H16F4N6O/c22-15-3-1-4-17(13-15)31-19(21(23,24)25)18(28-29-31)20(32)26-11-9-14-5-7-16(8-6-14)30-12-2-10-27-30/h1-8,10,12-13H,9,11H2,(H,26,32). The van der Waals surface area contributed by atoms with Gasteiger partial charge in [0.05, 0.1) is 11.4 Å². The minimum absolute atomic E-state index is 0.0874. The molecule has 0 radical (unpaired) electrons. The number of hydrogen-bond acceptors (Lipinski definition) is 4. The third-order valence-electron chi connectivity index (χ3n) is 4.61. The smallest absolute Gasteiger partial charge is 0.350 e. The molecule has 4 rings (SSSR count). The molecular weight excluding hydrogens is 428 g/mol. The van der Waals surface area contributed by atoms with Crippen molar-refractivity contribution in [3.63, 3.8) is 0 Å². The molecule has 0 saturated heterocycles. The minimum Gasteiger partial charge on any atom is -0.350 e. The number of alkyl halides is 3. The van der Waals surface area contributed by atoms with Crippen molar-refractivity contribution in [2.75, 3.05) is 6.54 Å². The molecule has 1 amide bonds. The van der Waals surface area contributed by atoms with E-state index in [4.69, 9.17) is 0 Å². The van der Waals surface area contributed by atoms with Gasteiger partial charge in [-0.2, -0.15) is 18.3 Å². The van der Waals surface area contributed by atoms with Crippen LogP contribution in [-0.4, -0.2) is 37.2 Å². The third-order valence-corrected chi connectivity index (χ3v) is 4.61. The van der Waals surface area contributed by atoms with E-state index in [1.165, 1.54) is 12.1 Å². The zero-order chi connectivity index (χ0) is 22.7. The number of hydrogen-bond donors (Lipinski definition) is 1. The predicted octanol–water partition coefficient (Wildman–Crippen LogP) is 3.58. The third kappa shape index (κ3) is 4.51. The summed E-state index contributed by atoms with van der Waals surface area (Å²) in [5.41, 5.74) is -0.714. The summed E-state index contributed by atoms with van der Waals surface area (Å²) in [6.07, 6.45) is -1.08. The Morgan fingerprint density at radius 1 is 1.03 bits per heavy atom. The molecule has 7 nitrogen and oxygen atoms in total. The first-order chi connectivity index (χ1) is 15.3. The fraction of sp³-hybridized carbons (Fsp3) is 0.143. The summed E-state index contributed by atoms with van der Waals surface area (Å²) in [5.74, 6) is -1.76. The van der Waals surface area contributed by atoms with Gasteiger partial charge in [0, 0.05) is 18.9 Å². The maximum absolute atomic E-state index is 13.6. The van der Waals surface area contributed by atoms with Gasteiger partial charge in [0.15, 0.2) is 11.4 Å². The lowest BCUT2D eigenvalue weighted by Gasteiger charge is -2.11. The van der Waals surface area contributed by atoms with Gasteiger partial charge in [0.1, 0.15) is 5.82 Å². The number of carbonyl (C=O) groups excluding carboxylic acids is 1. The van der Waals surface area contributed by atoms with Gasteiger partial charge in [-0.15, -0.1) is 5.10 Å². The molecular formula is C21H16F4N6O. The SMILES string of the molecule is O=C(NCCc1ccc(-n2cccn2)cc1)c1nnn(-c2cccc(F)c2)c1C(F)(F)F. The van der Waals surface area contributed by atoms with Crippen LogP contribution in [0.5, 0.6) is 0 Å². The normalized spacial score (nSPS) is 11.5. The second-order valence-corrected chi connectivity index (χ2v) is 6.80. The molecule has 0 saturated carbocycles. The molecule has 164 valence electrons. The van der Waals surface area contributed by atoms with Crippen LogP contribution in [-0.2, 0) is 12.6 Å². The summed E-state index contributed by atoms with van der Waals surface area (Å²) in [6.45, 7) is 0.0874. The van der Waals surface area contributed by atoms with Crippen molar-refractivity contribution in [2.45, 2.75) is 12.6 Å². The van der Waals surface area contributed by atoms with Gasteiger partial charge in [-0.3, -0.25) is 4.79 Å². The van der Waals surface area contributed by atoms with Crippen LogP contribution in [0.4, 0.5) is 17.6 Å². The van der Waals surface area contributed by atoms with Gasteiger partial charge >= 0.3 is 6.18 Å². The van der Waals surface area contributed by atoms with Crippen molar-refractivity contribution in [1.29, 1.82) is 0 Å². The Balaban J connectivity index is 1.46. The number of amides is 1. The van der Waals surface area contributed by atoms with Crippen LogP contribution in [0.25, 0.3) is 11.4 Å². The molecule has 0 bridgehead atoms. The van der Waals surface area contributed by atoms with Crippen LogP contribution in [0.3, 0.4) is 0 Å². The highest BCUT2D eigenvalue weighted by molar-refractivity contribution is 5.93. The molecule has 0 unspecified atom stereocenters. The second-order valence-electron chi connectivity index (χ2n) is 6.80. The Labute approximate surface area is 179 Å². The summed E-state index contributed by atoms with van der Waals surface area (Å²) in [6, 6.07) is 13.6. The minimum atomic E-state index is -4.93. The Hall–Kier alpha value is -4.02. The molecule has 0 spiro atoms. The summed E-state index contributed by atoms with van der Waals surface area (Å²) in [7, 11) is 0. The van der Waals surface area contributed by atoms with Crippen molar-refractivity contribution >= 4 is 5.91 Å². The van der Waals surface area contributed by atoms with Crippen LogP contribution < -0.4 is 5.32 Å². The van der Waals surface area contributed by atoms with E-state index >= 15 is 0 Å². The molecule has 2 aromatic heterocycles. The lowest BCUT2D eigenvalue weighted by molar-refractivity contribution is -0.143. The molecule has 11 heteroatoms. The van der Waals surface area contributed by atoms with Gasteiger partial charge < -0.3 is 5.32 Å². The van der Waals surface area contributed by atoms with Gasteiger partial charge in [-0.05, 0) is 48.4 Å². The van der Waals surface area contributed by atoms with Crippen molar-refractivity contribution in [3.05, 3.63) is 89.8 Å². The molecule has 2 aromatic carbocycles. The largest absolute Gasteiger partial charge is 0.435 e. The molecule has 1 N–H and O–H groups in total. The maximum Gasteiger partial charge on any atom is 0.435 e. The second kappa shape index (κ2) is 8.61. The van der Waals surface area contributed by atoms with Gasteiger partial charge in [-0.25, -0.2) is 13.8 Å². The van der Waals surface area contributed by atoms with Gasteiger partial charge in [0.2, 0.25) is 0 Å². The number of rotatable bonds is 6. The highest BCUT2D eigenvalue weighted by Gasteiger charge is 2.42. The first-order valence-corrected chi connectivity index (χ1v) is 9.49. The average molecular weight is 444 g/mol. The Morgan fingerprint density at radius 3 is 2.47 bits per heavy atom. The lowest BCUT2D eigenvalue weighted by Crippen LogP contribution is -2.29. The van der Waals surface area contributed by atoms with Crippen LogP contribution in [0.2, 0.25) is 0 Å². The molecule has 0 fully saturated rings. The number of nitrogens with one attached hydrogen (secondary N) is 1. The number of carbonyl (C=O) groups is 1. The first-order valence-electron chi connectivity index (χ1n) is 9.49. The molecule has 0 aliphatic carbocycles. The molecule has 4 aromatic rings. The summed E-state index contributed by atoms with van der Waals surface area (Å²) >= 11 is 0. The van der Waals surface area contributed by atoms with Crippen LogP contribution in [0, 0.1) is 5.82 Å². The predicted molar refractivity (Wildman–Crippen MR) is 106 cm³/mol. The monoisotopic (exact) mass is 444 g/mol. The van der Waals surface area contributed by atoms with Crippen molar-refractivity contribution in [2.24, 2.45) is 0 Å². The Bertz CT molecular complexity index is 1220. The summed E-state index contributed by atoms with van der Waals surface area (Å²) in [4.78, 5) is 12.4. The summed E-state index contributed by atoms with van der Waals surface area (Å²) < 4.78 is 56.5. The molecule has 2 heterocycles. The molecule has 0 aliphatic rings. The Morgan fingerprint density at radius 2 is 1.81 bits per heavy atom. The van der Waals surface area contributed by atoms with E-state index in [0.717, 1.165) is 23.4 Å². The summed E-state index contributed by atoms with van der Waals surface area (Å²) in [5, 5.41) is 13.4. The van der Waals surface area contributed by atoms with E-state index in [1.807, 2.05) is 24.3 Å². The fourth-order valence-electron chi connectivity index (χ4n) is 3.12. The zero-order valence-electron chi connectivity index (χ0n) is 16.4. The van der Waals surface area contributed by atoms with Gasteiger partial charge in [-0.1, -0.05) is 23.4 Å². The topological polar surface area (TPSA) is 77.6 Å². The van der Waals surface area contributed by atoms with E-state index in [0.29, 0.717) is 11.1 Å². The van der Waals surface area contributed by atoms with Crippen molar-refractivity contribution in [3.8, 4) is 11.4 Å². The number of halogens is 4. The number of benzene rings is 2. The Kier molecular flexibility index (Phi) is 5.71. The zero-order valence-corrected chi connectivity index (χ0v) is 16.4.